The van der Waals surface area contributed by atoms with E-state index in [2.05, 4.69) is 25.0 Å². The Hall–Kier alpha value is -2.50. The van der Waals surface area contributed by atoms with Crippen molar-refractivity contribution >= 4 is 11.6 Å². The molecule has 0 radical (unpaired) electrons. The third-order valence-corrected chi connectivity index (χ3v) is 3.84. The van der Waals surface area contributed by atoms with E-state index in [4.69, 9.17) is 0 Å². The van der Waals surface area contributed by atoms with Crippen molar-refractivity contribution in [3.05, 3.63) is 36.8 Å². The molecule has 3 aromatic rings. The van der Waals surface area contributed by atoms with Crippen LogP contribution in [0.4, 0.5) is 5.82 Å². The van der Waals surface area contributed by atoms with Crippen LogP contribution in [-0.2, 0) is 0 Å². The third-order valence-electron chi connectivity index (χ3n) is 3.84. The van der Waals surface area contributed by atoms with Gasteiger partial charge in [-0.25, -0.2) is 4.98 Å². The average molecular weight is 280 g/mol. The molecule has 0 atom stereocenters. The van der Waals surface area contributed by atoms with E-state index in [1.807, 2.05) is 28.9 Å². The predicted molar refractivity (Wildman–Crippen MR) is 80.1 cm³/mol. The van der Waals surface area contributed by atoms with Crippen LogP contribution in [0.3, 0.4) is 0 Å². The molecule has 0 saturated carbocycles. The summed E-state index contributed by atoms with van der Waals surface area (Å²) in [5, 5.41) is 4.63. The average Bonchev–Trinajstić information content (AvgIpc) is 3.00. The van der Waals surface area contributed by atoms with Gasteiger partial charge in [-0.1, -0.05) is 0 Å². The molecule has 3 aromatic heterocycles. The second-order valence-electron chi connectivity index (χ2n) is 5.23. The lowest BCUT2D eigenvalue weighted by molar-refractivity contribution is 0.568. The molecule has 0 unspecified atom stereocenters. The van der Waals surface area contributed by atoms with Crippen molar-refractivity contribution in [2.75, 3.05) is 18.0 Å². The van der Waals surface area contributed by atoms with Gasteiger partial charge in [-0.15, -0.1) is 5.10 Å². The first kappa shape index (κ1) is 12.3. The zero-order valence-corrected chi connectivity index (χ0v) is 11.7. The van der Waals surface area contributed by atoms with Gasteiger partial charge in [0.2, 0.25) is 0 Å². The van der Waals surface area contributed by atoms with Gasteiger partial charge < -0.3 is 4.90 Å². The van der Waals surface area contributed by atoms with Gasteiger partial charge in [0, 0.05) is 37.2 Å². The molecule has 6 heteroatoms. The van der Waals surface area contributed by atoms with Crippen LogP contribution in [0.25, 0.3) is 17.2 Å². The monoisotopic (exact) mass is 280 g/mol. The van der Waals surface area contributed by atoms with Crippen molar-refractivity contribution in [1.82, 2.24) is 24.6 Å². The summed E-state index contributed by atoms with van der Waals surface area (Å²) in [5.74, 6) is 2.41. The number of hydrogen-bond donors (Lipinski definition) is 0. The molecule has 1 saturated heterocycles. The standard InChI is InChI=1S/C15H16N6/c1-2-10-20(11-3-1)13-6-9-17-15-18-14(19-21(13)15)12-4-7-16-8-5-12/h4-9H,1-3,10-11H2. The zero-order chi connectivity index (χ0) is 14.1. The highest BCUT2D eigenvalue weighted by atomic mass is 15.4. The van der Waals surface area contributed by atoms with E-state index >= 15 is 0 Å². The second-order valence-corrected chi connectivity index (χ2v) is 5.23. The van der Waals surface area contributed by atoms with Gasteiger partial charge in [0.15, 0.2) is 5.82 Å². The van der Waals surface area contributed by atoms with Crippen LogP contribution in [0.2, 0.25) is 0 Å². The largest absolute Gasteiger partial charge is 0.356 e. The van der Waals surface area contributed by atoms with Crippen molar-refractivity contribution in [1.29, 1.82) is 0 Å². The maximum atomic E-state index is 4.63. The molecule has 4 rings (SSSR count). The highest BCUT2D eigenvalue weighted by Crippen LogP contribution is 2.21. The topological polar surface area (TPSA) is 59.2 Å². The summed E-state index contributed by atoms with van der Waals surface area (Å²) in [7, 11) is 0. The van der Waals surface area contributed by atoms with Crippen LogP contribution in [-0.4, -0.2) is 37.7 Å². The molecular formula is C15H16N6. The Balaban J connectivity index is 1.80. The summed E-state index contributed by atoms with van der Waals surface area (Å²) >= 11 is 0. The minimum absolute atomic E-state index is 0.643. The molecule has 0 amide bonds. The first-order valence-corrected chi connectivity index (χ1v) is 7.29. The molecule has 0 aromatic carbocycles. The molecule has 1 aliphatic rings. The van der Waals surface area contributed by atoms with E-state index in [0.29, 0.717) is 11.6 Å². The second kappa shape index (κ2) is 5.12. The fourth-order valence-corrected chi connectivity index (χ4v) is 2.77. The van der Waals surface area contributed by atoms with Crippen LogP contribution in [0, 0.1) is 0 Å². The van der Waals surface area contributed by atoms with Crippen LogP contribution in [0.5, 0.6) is 0 Å². The highest BCUT2D eigenvalue weighted by Gasteiger charge is 2.16. The Morgan fingerprint density at radius 1 is 0.905 bits per heavy atom. The lowest BCUT2D eigenvalue weighted by Crippen LogP contribution is -2.31. The summed E-state index contributed by atoms with van der Waals surface area (Å²) in [5.41, 5.74) is 0.958. The third kappa shape index (κ3) is 2.22. The Morgan fingerprint density at radius 3 is 2.52 bits per heavy atom. The summed E-state index contributed by atoms with van der Waals surface area (Å²) in [6.07, 6.45) is 9.08. The van der Waals surface area contributed by atoms with Crippen LogP contribution in [0.1, 0.15) is 19.3 Å². The molecule has 1 aliphatic heterocycles. The van der Waals surface area contributed by atoms with Crippen LogP contribution in [0.15, 0.2) is 36.8 Å². The van der Waals surface area contributed by atoms with Crippen LogP contribution >= 0.6 is 0 Å². The Bertz CT molecular complexity index is 745. The molecule has 0 aliphatic carbocycles. The number of piperidine rings is 1. The predicted octanol–water partition coefficient (Wildman–Crippen LogP) is 2.18. The number of hydrogen-bond acceptors (Lipinski definition) is 5. The van der Waals surface area contributed by atoms with Crippen molar-refractivity contribution < 1.29 is 0 Å². The molecule has 4 heterocycles. The number of pyridine rings is 1. The number of rotatable bonds is 2. The van der Waals surface area contributed by atoms with Gasteiger partial charge in [0.25, 0.3) is 5.78 Å². The van der Waals surface area contributed by atoms with Gasteiger partial charge in [-0.3, -0.25) is 4.98 Å². The molecule has 0 bridgehead atoms. The number of nitrogens with zero attached hydrogens (tertiary/aromatic N) is 6. The van der Waals surface area contributed by atoms with E-state index in [-0.39, 0.29) is 0 Å². The lowest BCUT2D eigenvalue weighted by atomic mass is 10.1. The first-order chi connectivity index (χ1) is 10.4. The smallest absolute Gasteiger partial charge is 0.254 e. The van der Waals surface area contributed by atoms with Gasteiger partial charge >= 0.3 is 0 Å². The van der Waals surface area contributed by atoms with E-state index in [0.717, 1.165) is 24.5 Å². The van der Waals surface area contributed by atoms with E-state index < -0.39 is 0 Å². The number of aromatic nitrogens is 5. The van der Waals surface area contributed by atoms with Gasteiger partial charge in [0.05, 0.1) is 0 Å². The van der Waals surface area contributed by atoms with Crippen molar-refractivity contribution in [2.45, 2.75) is 19.3 Å². The molecular weight excluding hydrogens is 264 g/mol. The van der Waals surface area contributed by atoms with Crippen molar-refractivity contribution in [2.24, 2.45) is 0 Å². The summed E-state index contributed by atoms with van der Waals surface area (Å²) in [4.78, 5) is 15.2. The minimum Gasteiger partial charge on any atom is -0.356 e. The summed E-state index contributed by atoms with van der Waals surface area (Å²) < 4.78 is 1.85. The maximum Gasteiger partial charge on any atom is 0.254 e. The minimum atomic E-state index is 0.643. The number of fused-ring (bicyclic) bond motifs is 1. The van der Waals surface area contributed by atoms with Gasteiger partial charge in [0.1, 0.15) is 5.82 Å². The SMILES string of the molecule is c1cc(-c2nc3nccc(N4CCCCC4)n3n2)ccn1. The van der Waals surface area contributed by atoms with Gasteiger partial charge in [-0.05, 0) is 37.5 Å². The molecule has 6 nitrogen and oxygen atoms in total. The Kier molecular flexibility index (Phi) is 2.99. The van der Waals surface area contributed by atoms with Crippen LogP contribution < -0.4 is 4.90 Å². The fraction of sp³-hybridized carbons (Fsp3) is 0.333. The molecule has 0 spiro atoms. The first-order valence-electron chi connectivity index (χ1n) is 7.29. The quantitative estimate of drug-likeness (QED) is 0.720. The fourth-order valence-electron chi connectivity index (χ4n) is 2.77. The summed E-state index contributed by atoms with van der Waals surface area (Å²) in [6.45, 7) is 2.15. The zero-order valence-electron chi connectivity index (χ0n) is 11.7. The molecule has 21 heavy (non-hydrogen) atoms. The van der Waals surface area contributed by atoms with E-state index in [1.165, 1.54) is 19.3 Å². The Morgan fingerprint density at radius 2 is 1.71 bits per heavy atom. The van der Waals surface area contributed by atoms with Gasteiger partial charge in [-0.2, -0.15) is 9.50 Å². The normalized spacial score (nSPS) is 15.5. The van der Waals surface area contributed by atoms with E-state index in [9.17, 15) is 0 Å². The Labute approximate surface area is 122 Å². The number of anilines is 1. The highest BCUT2D eigenvalue weighted by molar-refractivity contribution is 5.57. The summed E-state index contributed by atoms with van der Waals surface area (Å²) in [6, 6.07) is 5.84. The molecule has 0 N–H and O–H groups in total. The lowest BCUT2D eigenvalue weighted by Gasteiger charge is -2.28. The van der Waals surface area contributed by atoms with Crippen molar-refractivity contribution in [3.63, 3.8) is 0 Å². The molecule has 106 valence electrons. The van der Waals surface area contributed by atoms with E-state index in [1.54, 1.807) is 12.4 Å². The maximum absolute atomic E-state index is 4.63. The van der Waals surface area contributed by atoms with Crippen molar-refractivity contribution in [3.8, 4) is 11.4 Å². The molecule has 1 fully saturated rings.